The number of carbonyl (C=O) groups is 1. The van der Waals surface area contributed by atoms with Crippen LogP contribution in [0.25, 0.3) is 11.0 Å². The van der Waals surface area contributed by atoms with Crippen LogP contribution in [0.15, 0.2) is 18.2 Å². The molecule has 1 aliphatic rings. The fourth-order valence-corrected chi connectivity index (χ4v) is 3.55. The van der Waals surface area contributed by atoms with Gasteiger partial charge >= 0.3 is 5.97 Å². The Morgan fingerprint density at radius 1 is 1.43 bits per heavy atom. The van der Waals surface area contributed by atoms with Crippen molar-refractivity contribution in [3.63, 3.8) is 0 Å². The van der Waals surface area contributed by atoms with Gasteiger partial charge in [0.15, 0.2) is 0 Å². The standard InChI is InChI=1S/C16H21N3O2/c1-10-9-18(3)8-7-13(10)19-11(2)17-15-12(16(20)21)5-4-6-14(15)19/h4-6,10,13H,7-9H2,1-3H3,(H,20,21). The van der Waals surface area contributed by atoms with E-state index in [1.165, 1.54) is 0 Å². The molecule has 112 valence electrons. The lowest BCUT2D eigenvalue weighted by molar-refractivity contribution is 0.0699. The second-order valence-electron chi connectivity index (χ2n) is 6.10. The number of aromatic nitrogens is 2. The molecule has 1 fully saturated rings. The first kappa shape index (κ1) is 14.1. The summed E-state index contributed by atoms with van der Waals surface area (Å²) in [5.74, 6) is 0.509. The maximum absolute atomic E-state index is 11.4. The van der Waals surface area contributed by atoms with E-state index in [0.717, 1.165) is 30.9 Å². The minimum atomic E-state index is -0.915. The zero-order chi connectivity index (χ0) is 15.1. The molecule has 0 bridgehead atoms. The molecule has 2 atom stereocenters. The van der Waals surface area contributed by atoms with Crippen LogP contribution in [0.3, 0.4) is 0 Å². The van der Waals surface area contributed by atoms with Gasteiger partial charge in [0.2, 0.25) is 0 Å². The molecular formula is C16H21N3O2. The Hall–Kier alpha value is -1.88. The van der Waals surface area contributed by atoms with Crippen molar-refractivity contribution in [1.82, 2.24) is 14.5 Å². The van der Waals surface area contributed by atoms with E-state index in [0.29, 0.717) is 17.5 Å². The summed E-state index contributed by atoms with van der Waals surface area (Å²) in [7, 11) is 2.15. The van der Waals surface area contributed by atoms with Crippen LogP contribution in [0.4, 0.5) is 0 Å². The van der Waals surface area contributed by atoms with Gasteiger partial charge in [-0.25, -0.2) is 9.78 Å². The Kier molecular flexibility index (Phi) is 3.45. The van der Waals surface area contributed by atoms with Crippen molar-refractivity contribution < 1.29 is 9.90 Å². The van der Waals surface area contributed by atoms with Crippen LogP contribution >= 0.6 is 0 Å². The van der Waals surface area contributed by atoms with Gasteiger partial charge in [0.05, 0.1) is 11.1 Å². The van der Waals surface area contributed by atoms with E-state index in [1.807, 2.05) is 19.1 Å². The number of rotatable bonds is 2. The van der Waals surface area contributed by atoms with E-state index in [4.69, 9.17) is 0 Å². The Balaban J connectivity index is 2.13. The van der Waals surface area contributed by atoms with Crippen LogP contribution in [-0.2, 0) is 0 Å². The molecular weight excluding hydrogens is 266 g/mol. The summed E-state index contributed by atoms with van der Waals surface area (Å²) in [5.41, 5.74) is 1.83. The zero-order valence-electron chi connectivity index (χ0n) is 12.7. The first-order valence-electron chi connectivity index (χ1n) is 7.38. The van der Waals surface area contributed by atoms with Gasteiger partial charge in [0, 0.05) is 12.6 Å². The summed E-state index contributed by atoms with van der Waals surface area (Å²) in [6, 6.07) is 5.80. The summed E-state index contributed by atoms with van der Waals surface area (Å²) >= 11 is 0. The topological polar surface area (TPSA) is 58.4 Å². The summed E-state index contributed by atoms with van der Waals surface area (Å²) < 4.78 is 2.24. The van der Waals surface area contributed by atoms with E-state index in [1.54, 1.807) is 6.07 Å². The maximum Gasteiger partial charge on any atom is 0.337 e. The quantitative estimate of drug-likeness (QED) is 0.922. The van der Waals surface area contributed by atoms with E-state index < -0.39 is 5.97 Å². The molecule has 2 aromatic rings. The largest absolute Gasteiger partial charge is 0.478 e. The highest BCUT2D eigenvalue weighted by Gasteiger charge is 2.28. The molecule has 0 spiro atoms. The average molecular weight is 287 g/mol. The molecule has 1 saturated heterocycles. The van der Waals surface area contributed by atoms with Crippen molar-refractivity contribution in [2.75, 3.05) is 20.1 Å². The van der Waals surface area contributed by atoms with Gasteiger partial charge in [0.1, 0.15) is 11.3 Å². The van der Waals surface area contributed by atoms with E-state index in [-0.39, 0.29) is 5.56 Å². The van der Waals surface area contributed by atoms with Gasteiger partial charge in [0.25, 0.3) is 0 Å². The molecule has 1 aromatic carbocycles. The van der Waals surface area contributed by atoms with Gasteiger partial charge in [-0.05, 0) is 45.0 Å². The lowest BCUT2D eigenvalue weighted by atomic mass is 9.93. The average Bonchev–Trinajstić information content (AvgIpc) is 2.74. The Labute approximate surface area is 124 Å². The van der Waals surface area contributed by atoms with Crippen molar-refractivity contribution in [1.29, 1.82) is 0 Å². The lowest BCUT2D eigenvalue weighted by Gasteiger charge is -2.36. The van der Waals surface area contributed by atoms with Gasteiger partial charge in [-0.2, -0.15) is 0 Å². The van der Waals surface area contributed by atoms with E-state index in [9.17, 15) is 9.90 Å². The fraction of sp³-hybridized carbons (Fsp3) is 0.500. The number of piperidine rings is 1. The summed E-state index contributed by atoms with van der Waals surface area (Å²) in [6.45, 7) is 6.35. The number of nitrogens with zero attached hydrogens (tertiary/aromatic N) is 3. The van der Waals surface area contributed by atoms with Crippen LogP contribution < -0.4 is 0 Å². The van der Waals surface area contributed by atoms with Gasteiger partial charge in [-0.3, -0.25) is 0 Å². The van der Waals surface area contributed by atoms with Crippen molar-refractivity contribution in [2.45, 2.75) is 26.3 Å². The van der Waals surface area contributed by atoms with Crippen molar-refractivity contribution in [2.24, 2.45) is 5.92 Å². The molecule has 2 unspecified atom stereocenters. The second-order valence-corrected chi connectivity index (χ2v) is 6.10. The number of carboxylic acid groups (broad SMARTS) is 1. The summed E-state index contributed by atoms with van der Waals surface area (Å²) in [4.78, 5) is 18.2. The molecule has 3 rings (SSSR count). The monoisotopic (exact) mass is 287 g/mol. The van der Waals surface area contributed by atoms with Crippen molar-refractivity contribution in [3.8, 4) is 0 Å². The molecule has 1 aromatic heterocycles. The number of para-hydroxylation sites is 1. The van der Waals surface area contributed by atoms with Crippen LogP contribution in [0.5, 0.6) is 0 Å². The molecule has 5 nitrogen and oxygen atoms in total. The smallest absolute Gasteiger partial charge is 0.337 e. The molecule has 0 saturated carbocycles. The highest BCUT2D eigenvalue weighted by Crippen LogP contribution is 2.32. The third-order valence-corrected chi connectivity index (χ3v) is 4.52. The second kappa shape index (κ2) is 5.15. The summed E-state index contributed by atoms with van der Waals surface area (Å²) in [5, 5.41) is 9.32. The Bertz CT molecular complexity index is 692. The number of imidazole rings is 1. The van der Waals surface area contributed by atoms with Gasteiger partial charge < -0.3 is 14.6 Å². The molecule has 5 heteroatoms. The number of fused-ring (bicyclic) bond motifs is 1. The van der Waals surface area contributed by atoms with Gasteiger partial charge in [-0.15, -0.1) is 0 Å². The fourth-order valence-electron chi connectivity index (χ4n) is 3.55. The predicted octanol–water partition coefficient (Wildman–Crippen LogP) is 2.56. The van der Waals surface area contributed by atoms with Crippen molar-refractivity contribution in [3.05, 3.63) is 29.6 Å². The third-order valence-electron chi connectivity index (χ3n) is 4.52. The predicted molar refractivity (Wildman–Crippen MR) is 81.7 cm³/mol. The Morgan fingerprint density at radius 3 is 2.86 bits per heavy atom. The number of hydrogen-bond donors (Lipinski definition) is 1. The van der Waals surface area contributed by atoms with E-state index >= 15 is 0 Å². The molecule has 0 radical (unpaired) electrons. The SMILES string of the molecule is Cc1nc2c(C(=O)O)cccc2n1C1CCN(C)CC1C. The number of hydrogen-bond acceptors (Lipinski definition) is 3. The Morgan fingerprint density at radius 2 is 2.19 bits per heavy atom. The summed E-state index contributed by atoms with van der Waals surface area (Å²) in [6.07, 6.45) is 1.07. The van der Waals surface area contributed by atoms with Crippen LogP contribution in [-0.4, -0.2) is 45.7 Å². The molecule has 2 heterocycles. The molecule has 1 aliphatic heterocycles. The first-order chi connectivity index (χ1) is 9.99. The first-order valence-corrected chi connectivity index (χ1v) is 7.38. The molecule has 1 N–H and O–H groups in total. The maximum atomic E-state index is 11.4. The van der Waals surface area contributed by atoms with Crippen LogP contribution in [0.1, 0.15) is 35.6 Å². The van der Waals surface area contributed by atoms with E-state index in [2.05, 4.69) is 28.4 Å². The number of aromatic carboxylic acids is 1. The van der Waals surface area contributed by atoms with Crippen LogP contribution in [0.2, 0.25) is 0 Å². The number of aryl methyl sites for hydroxylation is 1. The molecule has 0 aliphatic carbocycles. The van der Waals surface area contributed by atoms with Crippen LogP contribution in [0, 0.1) is 12.8 Å². The minimum absolute atomic E-state index is 0.287. The number of benzene rings is 1. The normalized spacial score (nSPS) is 23.6. The molecule has 0 amide bonds. The minimum Gasteiger partial charge on any atom is -0.478 e. The van der Waals surface area contributed by atoms with Crippen molar-refractivity contribution >= 4 is 17.0 Å². The third kappa shape index (κ3) is 2.31. The highest BCUT2D eigenvalue weighted by atomic mass is 16.4. The lowest BCUT2D eigenvalue weighted by Crippen LogP contribution is -2.38. The number of carboxylic acids is 1. The highest BCUT2D eigenvalue weighted by molar-refractivity contribution is 6.01. The molecule has 21 heavy (non-hydrogen) atoms. The zero-order valence-corrected chi connectivity index (χ0v) is 12.7. The van der Waals surface area contributed by atoms with Gasteiger partial charge in [-0.1, -0.05) is 13.0 Å². The number of likely N-dealkylation sites (tertiary alicyclic amines) is 1.